The molecule has 2 rings (SSSR count). The van der Waals surface area contributed by atoms with Crippen LogP contribution in [-0.2, 0) is 0 Å². The number of hydrogen-bond donors (Lipinski definition) is 3. The number of aromatic amines is 2. The number of benzene rings is 1. The van der Waals surface area contributed by atoms with E-state index in [1.54, 1.807) is 0 Å². The van der Waals surface area contributed by atoms with Gasteiger partial charge in [-0.3, -0.25) is 0 Å². The summed E-state index contributed by atoms with van der Waals surface area (Å²) < 4.78 is 0. The van der Waals surface area contributed by atoms with Gasteiger partial charge in [-0.25, -0.2) is 4.79 Å². The van der Waals surface area contributed by atoms with Crippen molar-refractivity contribution in [2.24, 2.45) is 0 Å². The van der Waals surface area contributed by atoms with Crippen molar-refractivity contribution in [1.29, 1.82) is 0 Å². The molecule has 2 aromatic rings. The minimum atomic E-state index is -0.148. The highest BCUT2D eigenvalue weighted by molar-refractivity contribution is 5.75. The summed E-state index contributed by atoms with van der Waals surface area (Å²) in [5.74, 6) is 0. The molecule has 0 amide bonds. The van der Waals surface area contributed by atoms with Gasteiger partial charge in [-0.05, 0) is 38.0 Å². The van der Waals surface area contributed by atoms with E-state index >= 15 is 0 Å². The van der Waals surface area contributed by atoms with E-state index in [-0.39, 0.29) is 11.7 Å². The fourth-order valence-corrected chi connectivity index (χ4v) is 2.63. The SMILES string of the molecule is CCCCCC(C)NC(C)c1ccc2[nH]c(=O)[nH]c2c1. The third kappa shape index (κ3) is 3.73. The lowest BCUT2D eigenvalue weighted by atomic mass is 10.0. The average molecular weight is 275 g/mol. The summed E-state index contributed by atoms with van der Waals surface area (Å²) >= 11 is 0. The van der Waals surface area contributed by atoms with Crippen molar-refractivity contribution < 1.29 is 0 Å². The Hall–Kier alpha value is -1.55. The highest BCUT2D eigenvalue weighted by atomic mass is 16.1. The van der Waals surface area contributed by atoms with E-state index in [4.69, 9.17) is 0 Å². The molecule has 4 heteroatoms. The molecular weight excluding hydrogens is 250 g/mol. The van der Waals surface area contributed by atoms with E-state index in [0.29, 0.717) is 6.04 Å². The quantitative estimate of drug-likeness (QED) is 0.677. The minimum Gasteiger partial charge on any atom is -0.308 e. The fourth-order valence-electron chi connectivity index (χ4n) is 2.63. The van der Waals surface area contributed by atoms with Crippen molar-refractivity contribution in [1.82, 2.24) is 15.3 Å². The molecule has 4 nitrogen and oxygen atoms in total. The highest BCUT2D eigenvalue weighted by Crippen LogP contribution is 2.18. The van der Waals surface area contributed by atoms with Crippen molar-refractivity contribution >= 4 is 11.0 Å². The molecule has 110 valence electrons. The van der Waals surface area contributed by atoms with Gasteiger partial charge >= 0.3 is 5.69 Å². The molecule has 2 atom stereocenters. The Bertz CT molecular complexity index is 599. The zero-order valence-corrected chi connectivity index (χ0v) is 12.6. The molecule has 1 aromatic heterocycles. The predicted octanol–water partition coefficient (Wildman–Crippen LogP) is 3.48. The molecule has 0 saturated carbocycles. The maximum absolute atomic E-state index is 11.3. The molecule has 0 radical (unpaired) electrons. The Morgan fingerprint density at radius 1 is 1.15 bits per heavy atom. The van der Waals surface area contributed by atoms with Crippen LogP contribution in [0.2, 0.25) is 0 Å². The van der Waals surface area contributed by atoms with Gasteiger partial charge in [0.05, 0.1) is 11.0 Å². The Kier molecular flexibility index (Phi) is 5.01. The fraction of sp³-hybridized carbons (Fsp3) is 0.562. The van der Waals surface area contributed by atoms with Crippen LogP contribution in [0.25, 0.3) is 11.0 Å². The number of H-pyrrole nitrogens is 2. The van der Waals surface area contributed by atoms with Crippen LogP contribution < -0.4 is 11.0 Å². The van der Waals surface area contributed by atoms with E-state index in [1.165, 1.54) is 31.2 Å². The minimum absolute atomic E-state index is 0.148. The summed E-state index contributed by atoms with van der Waals surface area (Å²) in [4.78, 5) is 16.8. The molecule has 0 saturated heterocycles. The zero-order chi connectivity index (χ0) is 14.5. The van der Waals surface area contributed by atoms with E-state index in [1.807, 2.05) is 12.1 Å². The number of rotatable bonds is 7. The van der Waals surface area contributed by atoms with E-state index in [9.17, 15) is 4.79 Å². The first-order valence-corrected chi connectivity index (χ1v) is 7.58. The van der Waals surface area contributed by atoms with E-state index < -0.39 is 0 Å². The van der Waals surface area contributed by atoms with Crippen LogP contribution in [0, 0.1) is 0 Å². The number of hydrogen-bond acceptors (Lipinski definition) is 2. The number of unbranched alkanes of at least 4 members (excludes halogenated alkanes) is 2. The Morgan fingerprint density at radius 3 is 2.65 bits per heavy atom. The topological polar surface area (TPSA) is 60.7 Å². The summed E-state index contributed by atoms with van der Waals surface area (Å²) in [5.41, 5.74) is 2.79. The Balaban J connectivity index is 1.99. The number of aromatic nitrogens is 2. The highest BCUT2D eigenvalue weighted by Gasteiger charge is 2.10. The maximum atomic E-state index is 11.3. The van der Waals surface area contributed by atoms with Crippen molar-refractivity contribution in [2.45, 2.75) is 58.5 Å². The molecule has 0 fully saturated rings. The monoisotopic (exact) mass is 275 g/mol. The lowest BCUT2D eigenvalue weighted by Crippen LogP contribution is -2.28. The number of imidazole rings is 1. The molecular formula is C16H25N3O. The van der Waals surface area contributed by atoms with Gasteiger partial charge < -0.3 is 15.3 Å². The summed E-state index contributed by atoms with van der Waals surface area (Å²) in [6.45, 7) is 6.64. The van der Waals surface area contributed by atoms with E-state index in [2.05, 4.69) is 42.1 Å². The lowest BCUT2D eigenvalue weighted by molar-refractivity contribution is 0.440. The third-order valence-corrected chi connectivity index (χ3v) is 3.82. The standard InChI is InChI=1S/C16H25N3O/c1-4-5-6-7-11(2)17-12(3)13-8-9-14-15(10-13)19-16(20)18-14/h8-12,17H,4-7H2,1-3H3,(H2,18,19,20). The molecule has 1 aromatic carbocycles. The van der Waals surface area contributed by atoms with Crippen LogP contribution >= 0.6 is 0 Å². The third-order valence-electron chi connectivity index (χ3n) is 3.82. The van der Waals surface area contributed by atoms with E-state index in [0.717, 1.165) is 11.0 Å². The van der Waals surface area contributed by atoms with Crippen LogP contribution in [0.5, 0.6) is 0 Å². The smallest absolute Gasteiger partial charge is 0.308 e. The summed E-state index contributed by atoms with van der Waals surface area (Å²) in [7, 11) is 0. The van der Waals surface area contributed by atoms with Crippen LogP contribution in [0.3, 0.4) is 0 Å². The molecule has 2 unspecified atom stereocenters. The second kappa shape index (κ2) is 6.75. The first-order valence-electron chi connectivity index (χ1n) is 7.58. The number of nitrogens with one attached hydrogen (secondary N) is 3. The van der Waals surface area contributed by atoms with Crippen molar-refractivity contribution in [2.75, 3.05) is 0 Å². The van der Waals surface area contributed by atoms with Crippen LogP contribution in [0.15, 0.2) is 23.0 Å². The molecule has 20 heavy (non-hydrogen) atoms. The largest absolute Gasteiger partial charge is 0.323 e. The van der Waals surface area contributed by atoms with Crippen LogP contribution in [-0.4, -0.2) is 16.0 Å². The predicted molar refractivity (Wildman–Crippen MR) is 84.1 cm³/mol. The van der Waals surface area contributed by atoms with Gasteiger partial charge in [-0.1, -0.05) is 32.3 Å². The van der Waals surface area contributed by atoms with Gasteiger partial charge in [0.1, 0.15) is 0 Å². The molecule has 0 aliphatic heterocycles. The molecule has 0 spiro atoms. The average Bonchev–Trinajstić information content (AvgIpc) is 2.77. The zero-order valence-electron chi connectivity index (χ0n) is 12.6. The van der Waals surface area contributed by atoms with Crippen molar-refractivity contribution in [3.8, 4) is 0 Å². The summed E-state index contributed by atoms with van der Waals surface area (Å²) in [6, 6.07) is 6.88. The Morgan fingerprint density at radius 2 is 1.90 bits per heavy atom. The van der Waals surface area contributed by atoms with Crippen LogP contribution in [0.4, 0.5) is 0 Å². The molecule has 0 aliphatic carbocycles. The maximum Gasteiger partial charge on any atom is 0.323 e. The van der Waals surface area contributed by atoms with Gasteiger partial charge in [0.15, 0.2) is 0 Å². The Labute approximate surface area is 120 Å². The van der Waals surface area contributed by atoms with Gasteiger partial charge in [-0.15, -0.1) is 0 Å². The van der Waals surface area contributed by atoms with Crippen LogP contribution in [0.1, 0.15) is 58.1 Å². The first-order chi connectivity index (χ1) is 9.60. The van der Waals surface area contributed by atoms with Crippen molar-refractivity contribution in [3.05, 3.63) is 34.2 Å². The lowest BCUT2D eigenvalue weighted by Gasteiger charge is -2.20. The molecule has 3 N–H and O–H groups in total. The van der Waals surface area contributed by atoms with Gasteiger partial charge in [-0.2, -0.15) is 0 Å². The molecule has 1 heterocycles. The molecule has 0 aliphatic rings. The van der Waals surface area contributed by atoms with Gasteiger partial charge in [0.2, 0.25) is 0 Å². The second-order valence-electron chi connectivity index (χ2n) is 5.67. The summed E-state index contributed by atoms with van der Waals surface area (Å²) in [6.07, 6.45) is 5.06. The first kappa shape index (κ1) is 14.9. The van der Waals surface area contributed by atoms with Crippen molar-refractivity contribution in [3.63, 3.8) is 0 Å². The molecule has 0 bridgehead atoms. The summed E-state index contributed by atoms with van der Waals surface area (Å²) in [5, 5.41) is 3.62. The normalized spacial score (nSPS) is 14.6. The second-order valence-corrected chi connectivity index (χ2v) is 5.67. The van der Waals surface area contributed by atoms with Gasteiger partial charge in [0.25, 0.3) is 0 Å². The van der Waals surface area contributed by atoms with Gasteiger partial charge in [0, 0.05) is 12.1 Å². The number of fused-ring (bicyclic) bond motifs is 1.